The lowest BCUT2D eigenvalue weighted by Crippen LogP contribution is -2.40. The lowest BCUT2D eigenvalue weighted by molar-refractivity contribution is 0.0597. The molecule has 1 aromatic heterocycles. The topological polar surface area (TPSA) is 38.1 Å². The van der Waals surface area contributed by atoms with Crippen molar-refractivity contribution in [1.29, 1.82) is 0 Å². The second-order valence-corrected chi connectivity index (χ2v) is 9.92. The zero-order valence-electron chi connectivity index (χ0n) is 20.9. The Balaban J connectivity index is 1.66. The van der Waals surface area contributed by atoms with Crippen molar-refractivity contribution in [2.45, 2.75) is 59.9 Å². The van der Waals surface area contributed by atoms with Gasteiger partial charge in [0.2, 0.25) is 0 Å². The largest absolute Gasteiger partial charge is 0.328 e. The first-order valence-electron chi connectivity index (χ1n) is 12.3. The van der Waals surface area contributed by atoms with Gasteiger partial charge in [-0.15, -0.1) is 0 Å². The van der Waals surface area contributed by atoms with E-state index in [1.807, 2.05) is 0 Å². The number of imidazole rings is 1. The lowest BCUT2D eigenvalue weighted by Gasteiger charge is -2.36. The van der Waals surface area contributed by atoms with Crippen LogP contribution in [0.5, 0.6) is 0 Å². The molecule has 2 heterocycles. The van der Waals surface area contributed by atoms with E-state index in [1.54, 1.807) is 0 Å². The van der Waals surface area contributed by atoms with E-state index in [0.717, 1.165) is 65.0 Å². The number of likely N-dealkylation sites (tertiary alicyclic amines) is 1. The van der Waals surface area contributed by atoms with E-state index in [9.17, 15) is 4.79 Å². The Labute approximate surface area is 202 Å². The van der Waals surface area contributed by atoms with Crippen LogP contribution in [0.2, 0.25) is 0 Å². The third-order valence-corrected chi connectivity index (χ3v) is 7.08. The van der Waals surface area contributed by atoms with Gasteiger partial charge in [-0.05, 0) is 94.8 Å². The minimum absolute atomic E-state index is 0.0598. The summed E-state index contributed by atoms with van der Waals surface area (Å²) in [6.07, 6.45) is 3.04. The molecule has 4 nitrogen and oxygen atoms in total. The molecule has 1 aliphatic heterocycles. The summed E-state index contributed by atoms with van der Waals surface area (Å²) in [6.45, 7) is 11.2. The monoisotopic (exact) mass is 451 g/mol. The number of fused-ring (bicyclic) bond motifs is 1. The van der Waals surface area contributed by atoms with Crippen LogP contribution >= 0.6 is 0 Å². The predicted octanol–water partition coefficient (Wildman–Crippen LogP) is 6.94. The van der Waals surface area contributed by atoms with Crippen LogP contribution in [0.15, 0.2) is 54.6 Å². The van der Waals surface area contributed by atoms with E-state index < -0.39 is 0 Å². The molecule has 1 unspecified atom stereocenters. The fourth-order valence-electron chi connectivity index (χ4n) is 5.50. The van der Waals surface area contributed by atoms with Gasteiger partial charge in [-0.1, -0.05) is 41.5 Å². The van der Waals surface area contributed by atoms with Gasteiger partial charge in [0.05, 0.1) is 17.1 Å². The standard InChI is InChI=1S/C30H33N3O/c1-19-9-12-24(13-10-19)33-26-14-11-20(2)18-25(26)31-29(33)27-8-6-7-15-32(27)30(34)28-22(4)16-21(3)17-23(28)5/h9-14,16-18,27H,6-8,15H2,1-5H3. The third-order valence-electron chi connectivity index (χ3n) is 7.08. The molecule has 0 aliphatic carbocycles. The molecule has 0 saturated carbocycles. The first-order valence-corrected chi connectivity index (χ1v) is 12.3. The number of carbonyl (C=O) groups excluding carboxylic acids is 1. The van der Waals surface area contributed by atoms with Crippen molar-refractivity contribution in [3.05, 3.63) is 93.8 Å². The number of carbonyl (C=O) groups is 1. The van der Waals surface area contributed by atoms with E-state index in [-0.39, 0.29) is 11.9 Å². The summed E-state index contributed by atoms with van der Waals surface area (Å²) in [5.74, 6) is 1.08. The zero-order valence-corrected chi connectivity index (χ0v) is 20.9. The Kier molecular flexibility index (Phi) is 5.76. The first kappa shape index (κ1) is 22.4. The molecule has 4 aromatic rings. The Morgan fingerprint density at radius 1 is 0.824 bits per heavy atom. The number of nitrogens with zero attached hydrogens (tertiary/aromatic N) is 3. The van der Waals surface area contributed by atoms with Gasteiger partial charge < -0.3 is 4.90 Å². The molecular weight excluding hydrogens is 418 g/mol. The van der Waals surface area contributed by atoms with E-state index in [2.05, 4.69) is 98.7 Å². The van der Waals surface area contributed by atoms with Gasteiger partial charge in [0.15, 0.2) is 0 Å². The van der Waals surface area contributed by atoms with Crippen LogP contribution in [-0.2, 0) is 0 Å². The number of rotatable bonds is 3. The maximum atomic E-state index is 14.0. The average molecular weight is 452 g/mol. The van der Waals surface area contributed by atoms with E-state index in [4.69, 9.17) is 4.98 Å². The quantitative estimate of drug-likeness (QED) is 0.338. The highest BCUT2D eigenvalue weighted by Gasteiger charge is 2.34. The van der Waals surface area contributed by atoms with E-state index in [0.29, 0.717) is 0 Å². The molecule has 4 heteroatoms. The summed E-state index contributed by atoms with van der Waals surface area (Å²) in [4.78, 5) is 21.2. The van der Waals surface area contributed by atoms with Gasteiger partial charge in [-0.2, -0.15) is 0 Å². The molecule has 1 amide bonds. The van der Waals surface area contributed by atoms with Crippen LogP contribution < -0.4 is 0 Å². The maximum absolute atomic E-state index is 14.0. The summed E-state index contributed by atoms with van der Waals surface area (Å²) in [5.41, 5.74) is 9.71. The molecule has 0 radical (unpaired) electrons. The molecule has 0 spiro atoms. The number of benzene rings is 3. The van der Waals surface area contributed by atoms with Crippen LogP contribution in [-0.4, -0.2) is 26.9 Å². The van der Waals surface area contributed by atoms with Crippen LogP contribution in [0.3, 0.4) is 0 Å². The Morgan fingerprint density at radius 2 is 1.50 bits per heavy atom. The molecule has 1 atom stereocenters. The fraction of sp³-hybridized carbons (Fsp3) is 0.333. The van der Waals surface area contributed by atoms with Crippen LogP contribution in [0.4, 0.5) is 0 Å². The minimum atomic E-state index is -0.0598. The fourth-order valence-corrected chi connectivity index (χ4v) is 5.50. The molecule has 1 saturated heterocycles. The number of amides is 1. The van der Waals surface area contributed by atoms with E-state index in [1.165, 1.54) is 16.7 Å². The Hall–Kier alpha value is -3.40. The second-order valence-electron chi connectivity index (χ2n) is 9.92. The highest BCUT2D eigenvalue weighted by molar-refractivity contribution is 5.97. The maximum Gasteiger partial charge on any atom is 0.255 e. The highest BCUT2D eigenvalue weighted by Crippen LogP contribution is 2.36. The molecule has 174 valence electrons. The van der Waals surface area contributed by atoms with Gasteiger partial charge in [0.25, 0.3) is 5.91 Å². The van der Waals surface area contributed by atoms with Crippen molar-refractivity contribution in [2.24, 2.45) is 0 Å². The molecule has 1 aliphatic rings. The van der Waals surface area contributed by atoms with E-state index >= 15 is 0 Å². The van der Waals surface area contributed by atoms with Crippen molar-refractivity contribution >= 4 is 16.9 Å². The number of piperidine rings is 1. The molecule has 34 heavy (non-hydrogen) atoms. The average Bonchev–Trinajstić information content (AvgIpc) is 3.17. The third kappa shape index (κ3) is 3.91. The zero-order chi connectivity index (χ0) is 24.0. The number of aromatic nitrogens is 2. The summed E-state index contributed by atoms with van der Waals surface area (Å²) in [5, 5.41) is 0. The van der Waals surface area contributed by atoms with Gasteiger partial charge in [-0.25, -0.2) is 4.98 Å². The molecule has 0 N–H and O–H groups in total. The van der Waals surface area contributed by atoms with Crippen LogP contribution in [0.25, 0.3) is 16.7 Å². The normalized spacial score (nSPS) is 16.3. The molecule has 0 bridgehead atoms. The minimum Gasteiger partial charge on any atom is -0.328 e. The predicted molar refractivity (Wildman–Crippen MR) is 139 cm³/mol. The number of aryl methyl sites for hydroxylation is 5. The van der Waals surface area contributed by atoms with Crippen molar-refractivity contribution in [3.63, 3.8) is 0 Å². The molecule has 5 rings (SSSR count). The first-order chi connectivity index (χ1) is 16.3. The van der Waals surface area contributed by atoms with Crippen molar-refractivity contribution in [1.82, 2.24) is 14.5 Å². The van der Waals surface area contributed by atoms with Crippen molar-refractivity contribution < 1.29 is 4.79 Å². The van der Waals surface area contributed by atoms with Crippen LogP contribution in [0.1, 0.15) is 69.3 Å². The molecule has 3 aromatic carbocycles. The lowest BCUT2D eigenvalue weighted by atomic mass is 9.95. The van der Waals surface area contributed by atoms with Crippen LogP contribution in [0, 0.1) is 34.6 Å². The summed E-state index contributed by atoms with van der Waals surface area (Å²) < 4.78 is 2.26. The summed E-state index contributed by atoms with van der Waals surface area (Å²) in [7, 11) is 0. The SMILES string of the molecule is Cc1ccc(-n2c(C3CCCCN3C(=O)c3c(C)cc(C)cc3C)nc3cc(C)ccc32)cc1. The van der Waals surface area contributed by atoms with Gasteiger partial charge in [-0.3, -0.25) is 9.36 Å². The Morgan fingerprint density at radius 3 is 2.21 bits per heavy atom. The van der Waals surface area contributed by atoms with Crippen molar-refractivity contribution in [2.75, 3.05) is 6.54 Å². The molecule has 1 fully saturated rings. The Bertz CT molecular complexity index is 1360. The smallest absolute Gasteiger partial charge is 0.255 e. The second kappa shape index (κ2) is 8.75. The van der Waals surface area contributed by atoms with Gasteiger partial charge in [0.1, 0.15) is 5.82 Å². The number of hydrogen-bond donors (Lipinski definition) is 0. The van der Waals surface area contributed by atoms with Gasteiger partial charge in [0, 0.05) is 17.8 Å². The van der Waals surface area contributed by atoms with Gasteiger partial charge >= 0.3 is 0 Å². The molecular formula is C30H33N3O. The summed E-state index contributed by atoms with van der Waals surface area (Å²) >= 11 is 0. The highest BCUT2D eigenvalue weighted by atomic mass is 16.2. The van der Waals surface area contributed by atoms with Crippen molar-refractivity contribution in [3.8, 4) is 5.69 Å². The summed E-state index contributed by atoms with van der Waals surface area (Å²) in [6, 6.07) is 19.2. The number of hydrogen-bond acceptors (Lipinski definition) is 2.